The molecule has 0 aliphatic heterocycles. The highest BCUT2D eigenvalue weighted by molar-refractivity contribution is 7.92. The Morgan fingerprint density at radius 2 is 1.71 bits per heavy atom. The third-order valence-electron chi connectivity index (χ3n) is 5.91. The number of carbonyl (C=O) groups excluding carboxylic acids is 2. The summed E-state index contributed by atoms with van der Waals surface area (Å²) in [6.45, 7) is 0.919. The molecule has 1 saturated carbocycles. The van der Waals surface area contributed by atoms with E-state index in [0.29, 0.717) is 5.56 Å². The molecule has 10 heteroatoms. The molecule has 0 radical (unpaired) electrons. The van der Waals surface area contributed by atoms with Crippen LogP contribution in [-0.4, -0.2) is 50.0 Å². The quantitative estimate of drug-likeness (QED) is 0.581. The molecule has 1 fully saturated rings. The fourth-order valence-electron chi connectivity index (χ4n) is 4.01. The zero-order valence-electron chi connectivity index (χ0n) is 19.2. The van der Waals surface area contributed by atoms with Gasteiger partial charge in [-0.25, -0.2) is 17.2 Å². The van der Waals surface area contributed by atoms with E-state index < -0.39 is 40.2 Å². The molecule has 1 N–H and O–H groups in total. The monoisotopic (exact) mass is 493 g/mol. The van der Waals surface area contributed by atoms with E-state index in [2.05, 4.69) is 5.32 Å². The second kappa shape index (κ2) is 10.9. The van der Waals surface area contributed by atoms with Crippen LogP contribution in [0, 0.1) is 11.6 Å². The number of rotatable bonds is 9. The Balaban J connectivity index is 1.87. The van der Waals surface area contributed by atoms with E-state index in [0.717, 1.165) is 42.3 Å². The molecular weight excluding hydrogens is 464 g/mol. The van der Waals surface area contributed by atoms with Gasteiger partial charge in [-0.05, 0) is 55.7 Å². The van der Waals surface area contributed by atoms with Gasteiger partial charge >= 0.3 is 0 Å². The summed E-state index contributed by atoms with van der Waals surface area (Å²) < 4.78 is 52.8. The van der Waals surface area contributed by atoms with E-state index in [4.69, 9.17) is 0 Å². The SMILES string of the molecule is C[C@H](C(=O)NC1CCCC1)N(Cc1ccc(F)cc1)C(=O)CN(c1cccc(F)c1)S(C)(=O)=O. The maximum absolute atomic E-state index is 13.8. The van der Waals surface area contributed by atoms with Gasteiger partial charge in [0.05, 0.1) is 11.9 Å². The Hall–Kier alpha value is -3.01. The topological polar surface area (TPSA) is 86.8 Å². The minimum atomic E-state index is -3.94. The first-order valence-corrected chi connectivity index (χ1v) is 13.0. The van der Waals surface area contributed by atoms with E-state index in [-0.39, 0.29) is 24.2 Å². The largest absolute Gasteiger partial charge is 0.352 e. The Morgan fingerprint density at radius 3 is 2.29 bits per heavy atom. The van der Waals surface area contributed by atoms with Crippen LogP contribution < -0.4 is 9.62 Å². The fourth-order valence-corrected chi connectivity index (χ4v) is 4.85. The van der Waals surface area contributed by atoms with Crippen LogP contribution in [0.1, 0.15) is 38.2 Å². The smallest absolute Gasteiger partial charge is 0.244 e. The number of nitrogens with one attached hydrogen (secondary N) is 1. The normalized spacial score (nSPS) is 15.1. The highest BCUT2D eigenvalue weighted by Gasteiger charge is 2.31. The van der Waals surface area contributed by atoms with Gasteiger partial charge in [-0.15, -0.1) is 0 Å². The van der Waals surface area contributed by atoms with Crippen LogP contribution >= 0.6 is 0 Å². The molecule has 0 spiro atoms. The summed E-state index contributed by atoms with van der Waals surface area (Å²) in [5, 5.41) is 2.96. The van der Waals surface area contributed by atoms with Crippen LogP contribution in [0.4, 0.5) is 14.5 Å². The predicted molar refractivity (Wildman–Crippen MR) is 125 cm³/mol. The lowest BCUT2D eigenvalue weighted by Gasteiger charge is -2.32. The van der Waals surface area contributed by atoms with Crippen molar-refractivity contribution in [3.8, 4) is 0 Å². The zero-order chi connectivity index (χ0) is 24.9. The standard InChI is InChI=1S/C24H29F2N3O4S/c1-17(24(31)27-21-7-3-4-8-21)28(15-18-10-12-19(25)13-11-18)23(30)16-29(34(2,32)33)22-9-5-6-20(26)14-22/h5-6,9-14,17,21H,3-4,7-8,15-16H2,1-2H3,(H,27,31)/t17-/m1/s1. The number of amides is 2. The minimum Gasteiger partial charge on any atom is -0.352 e. The van der Waals surface area contributed by atoms with E-state index in [1.54, 1.807) is 6.92 Å². The van der Waals surface area contributed by atoms with Crippen LogP contribution in [0.3, 0.4) is 0 Å². The first-order valence-electron chi connectivity index (χ1n) is 11.1. The summed E-state index contributed by atoms with van der Waals surface area (Å²) >= 11 is 0. The molecule has 1 aliphatic carbocycles. The summed E-state index contributed by atoms with van der Waals surface area (Å²) in [6.07, 6.45) is 4.70. The van der Waals surface area contributed by atoms with Gasteiger partial charge in [0.15, 0.2) is 0 Å². The number of benzene rings is 2. The van der Waals surface area contributed by atoms with Crippen LogP contribution in [0.5, 0.6) is 0 Å². The van der Waals surface area contributed by atoms with Crippen molar-refractivity contribution < 1.29 is 26.8 Å². The highest BCUT2D eigenvalue weighted by Crippen LogP contribution is 2.21. The van der Waals surface area contributed by atoms with Crippen molar-refractivity contribution in [3.63, 3.8) is 0 Å². The number of hydrogen-bond donors (Lipinski definition) is 1. The summed E-state index contributed by atoms with van der Waals surface area (Å²) in [5.74, 6) is -2.08. The molecule has 2 aromatic rings. The zero-order valence-corrected chi connectivity index (χ0v) is 20.0. The summed E-state index contributed by atoms with van der Waals surface area (Å²) in [7, 11) is -3.94. The van der Waals surface area contributed by atoms with E-state index >= 15 is 0 Å². The van der Waals surface area contributed by atoms with Crippen molar-refractivity contribution in [2.45, 2.75) is 51.2 Å². The van der Waals surface area contributed by atoms with E-state index in [1.165, 1.54) is 47.4 Å². The van der Waals surface area contributed by atoms with Crippen LogP contribution in [0.2, 0.25) is 0 Å². The maximum atomic E-state index is 13.8. The second-order valence-corrected chi connectivity index (χ2v) is 10.5. The van der Waals surface area contributed by atoms with Gasteiger partial charge in [0.1, 0.15) is 24.2 Å². The molecule has 0 bridgehead atoms. The summed E-state index contributed by atoms with van der Waals surface area (Å²) in [5.41, 5.74) is 0.576. The molecule has 1 aliphatic rings. The van der Waals surface area contributed by atoms with Crippen LogP contribution in [-0.2, 0) is 26.2 Å². The molecule has 0 heterocycles. The second-order valence-electron chi connectivity index (χ2n) is 8.56. The lowest BCUT2D eigenvalue weighted by Crippen LogP contribution is -2.52. The van der Waals surface area contributed by atoms with Gasteiger partial charge < -0.3 is 10.2 Å². The molecule has 0 aromatic heterocycles. The molecule has 7 nitrogen and oxygen atoms in total. The number of carbonyl (C=O) groups is 2. The number of hydrogen-bond acceptors (Lipinski definition) is 4. The first kappa shape index (κ1) is 25.6. The molecule has 34 heavy (non-hydrogen) atoms. The van der Waals surface area contributed by atoms with Gasteiger partial charge in [-0.1, -0.05) is 31.0 Å². The third kappa shape index (κ3) is 6.75. The summed E-state index contributed by atoms with van der Waals surface area (Å²) in [6, 6.07) is 9.55. The number of halogens is 2. The van der Waals surface area contributed by atoms with Crippen molar-refractivity contribution in [2.75, 3.05) is 17.1 Å². The molecule has 2 aromatic carbocycles. The molecule has 184 valence electrons. The lowest BCUT2D eigenvalue weighted by atomic mass is 10.1. The lowest BCUT2D eigenvalue weighted by molar-refractivity contribution is -0.139. The number of nitrogens with zero attached hydrogens (tertiary/aromatic N) is 2. The molecule has 0 unspecified atom stereocenters. The summed E-state index contributed by atoms with van der Waals surface area (Å²) in [4.78, 5) is 27.6. The average molecular weight is 494 g/mol. The van der Waals surface area contributed by atoms with Gasteiger partial charge in [0, 0.05) is 12.6 Å². The van der Waals surface area contributed by atoms with Crippen LogP contribution in [0.15, 0.2) is 48.5 Å². The third-order valence-corrected chi connectivity index (χ3v) is 7.05. The van der Waals surface area contributed by atoms with Gasteiger partial charge in [0.2, 0.25) is 21.8 Å². The Morgan fingerprint density at radius 1 is 1.06 bits per heavy atom. The Bertz CT molecular complexity index is 1120. The minimum absolute atomic E-state index is 0.000595. The van der Waals surface area contributed by atoms with Crippen molar-refractivity contribution >= 4 is 27.5 Å². The van der Waals surface area contributed by atoms with Crippen molar-refractivity contribution in [3.05, 3.63) is 65.7 Å². The fraction of sp³-hybridized carbons (Fsp3) is 0.417. The first-order chi connectivity index (χ1) is 16.0. The highest BCUT2D eigenvalue weighted by atomic mass is 32.2. The maximum Gasteiger partial charge on any atom is 0.244 e. The Kier molecular flexibility index (Phi) is 8.24. The van der Waals surface area contributed by atoms with Crippen molar-refractivity contribution in [1.82, 2.24) is 10.2 Å². The van der Waals surface area contributed by atoms with E-state index in [9.17, 15) is 26.8 Å². The number of anilines is 1. The average Bonchev–Trinajstić information content (AvgIpc) is 3.28. The van der Waals surface area contributed by atoms with Crippen LogP contribution in [0.25, 0.3) is 0 Å². The van der Waals surface area contributed by atoms with Crippen molar-refractivity contribution in [2.24, 2.45) is 0 Å². The van der Waals surface area contributed by atoms with Gasteiger partial charge in [-0.3, -0.25) is 13.9 Å². The Labute approximate surface area is 198 Å². The molecule has 1 atom stereocenters. The number of sulfonamides is 1. The van der Waals surface area contributed by atoms with Gasteiger partial charge in [0.25, 0.3) is 0 Å². The van der Waals surface area contributed by atoms with Crippen molar-refractivity contribution in [1.29, 1.82) is 0 Å². The molecule has 2 amide bonds. The molecule has 3 rings (SSSR count). The molecular formula is C24H29F2N3O4S. The molecule has 0 saturated heterocycles. The van der Waals surface area contributed by atoms with E-state index in [1.807, 2.05) is 0 Å². The predicted octanol–water partition coefficient (Wildman–Crippen LogP) is 3.21. The van der Waals surface area contributed by atoms with Gasteiger partial charge in [-0.2, -0.15) is 0 Å².